The number of aromatic carboxylic acids is 1. The van der Waals surface area contributed by atoms with Crippen molar-refractivity contribution < 1.29 is 24.2 Å². The molecule has 1 heterocycles. The van der Waals surface area contributed by atoms with Gasteiger partial charge in [0.1, 0.15) is 12.4 Å². The number of nitrogens with one attached hydrogen (secondary N) is 1. The van der Waals surface area contributed by atoms with Gasteiger partial charge >= 0.3 is 5.97 Å². The van der Waals surface area contributed by atoms with Crippen LogP contribution in [-0.4, -0.2) is 22.2 Å². The van der Waals surface area contributed by atoms with Crippen LogP contribution in [0, 0.1) is 0 Å². The Morgan fingerprint density at radius 1 is 1.10 bits per heavy atom. The predicted octanol–water partition coefficient (Wildman–Crippen LogP) is 5.20. The first kappa shape index (κ1) is 20.2. The molecule has 1 aliphatic rings. The van der Waals surface area contributed by atoms with Gasteiger partial charge in [0.2, 0.25) is 0 Å². The summed E-state index contributed by atoms with van der Waals surface area (Å²) < 4.78 is 6.65. The Morgan fingerprint density at radius 3 is 2.53 bits per heavy atom. The second-order valence-corrected chi connectivity index (χ2v) is 8.30. The van der Waals surface area contributed by atoms with Crippen LogP contribution in [-0.2, 0) is 11.4 Å². The van der Waals surface area contributed by atoms with E-state index < -0.39 is 11.9 Å². The van der Waals surface area contributed by atoms with Gasteiger partial charge in [-0.3, -0.25) is 14.9 Å². The average Bonchev–Trinajstić information content (AvgIpc) is 3.05. The van der Waals surface area contributed by atoms with Crippen LogP contribution in [0.3, 0.4) is 0 Å². The quantitative estimate of drug-likeness (QED) is 0.484. The van der Waals surface area contributed by atoms with Gasteiger partial charge in [0.05, 0.1) is 10.5 Å². The van der Waals surface area contributed by atoms with E-state index in [1.807, 2.05) is 30.3 Å². The SMILES string of the molecule is O=C1NC(=O)/C(=C\c2ccc3cc(OCc4ccc(C(=O)O)cc4)ccc3c2Br)S1. The molecule has 1 saturated heterocycles. The number of amides is 2. The number of benzene rings is 3. The third-order valence-corrected chi connectivity index (χ3v) is 6.19. The fraction of sp³-hybridized carbons (Fsp3) is 0.0455. The third-order valence-electron chi connectivity index (χ3n) is 4.49. The largest absolute Gasteiger partial charge is 0.489 e. The molecule has 0 unspecified atom stereocenters. The van der Waals surface area contributed by atoms with Crippen molar-refractivity contribution in [3.05, 3.63) is 80.7 Å². The van der Waals surface area contributed by atoms with Gasteiger partial charge in [-0.2, -0.15) is 0 Å². The third kappa shape index (κ3) is 4.24. The molecule has 1 fully saturated rings. The molecule has 2 amide bonds. The first-order chi connectivity index (χ1) is 14.4. The lowest BCUT2D eigenvalue weighted by Gasteiger charge is -2.10. The van der Waals surface area contributed by atoms with E-state index in [1.54, 1.807) is 30.3 Å². The first-order valence-electron chi connectivity index (χ1n) is 8.83. The Kier molecular flexibility index (Phi) is 5.61. The summed E-state index contributed by atoms with van der Waals surface area (Å²) in [6.07, 6.45) is 1.68. The number of carbonyl (C=O) groups is 3. The van der Waals surface area contributed by atoms with Crippen LogP contribution < -0.4 is 10.1 Å². The van der Waals surface area contributed by atoms with Gasteiger partial charge in [-0.25, -0.2) is 4.79 Å². The number of carboxylic acids is 1. The van der Waals surface area contributed by atoms with Gasteiger partial charge in [0.15, 0.2) is 0 Å². The second kappa shape index (κ2) is 8.33. The number of carboxylic acid groups (broad SMARTS) is 1. The fourth-order valence-electron chi connectivity index (χ4n) is 2.96. The Bertz CT molecular complexity index is 1220. The topological polar surface area (TPSA) is 92.7 Å². The maximum absolute atomic E-state index is 11.8. The van der Waals surface area contributed by atoms with Crippen molar-refractivity contribution in [3.8, 4) is 5.75 Å². The van der Waals surface area contributed by atoms with Crippen molar-refractivity contribution in [2.75, 3.05) is 0 Å². The van der Waals surface area contributed by atoms with Gasteiger partial charge in [-0.15, -0.1) is 0 Å². The Hall–Kier alpha value is -3.10. The molecule has 4 rings (SSSR count). The molecular weight excluding hydrogens is 470 g/mol. The highest BCUT2D eigenvalue weighted by atomic mass is 79.9. The number of halogens is 1. The minimum Gasteiger partial charge on any atom is -0.489 e. The lowest BCUT2D eigenvalue weighted by molar-refractivity contribution is -0.115. The van der Waals surface area contributed by atoms with Crippen LogP contribution in [0.15, 0.2) is 64.0 Å². The van der Waals surface area contributed by atoms with E-state index in [2.05, 4.69) is 21.2 Å². The summed E-state index contributed by atoms with van der Waals surface area (Å²) in [5, 5.41) is 12.7. The van der Waals surface area contributed by atoms with E-state index in [1.165, 1.54) is 0 Å². The summed E-state index contributed by atoms with van der Waals surface area (Å²) in [6.45, 7) is 0.317. The van der Waals surface area contributed by atoms with Crippen LogP contribution in [0.2, 0.25) is 0 Å². The predicted molar refractivity (Wildman–Crippen MR) is 118 cm³/mol. The highest BCUT2D eigenvalue weighted by Crippen LogP contribution is 2.34. The molecule has 3 aromatic carbocycles. The molecule has 0 aliphatic carbocycles. The molecule has 150 valence electrons. The van der Waals surface area contributed by atoms with Crippen LogP contribution in [0.4, 0.5) is 4.79 Å². The highest BCUT2D eigenvalue weighted by Gasteiger charge is 2.25. The highest BCUT2D eigenvalue weighted by molar-refractivity contribution is 9.10. The number of fused-ring (bicyclic) bond motifs is 1. The zero-order valence-electron chi connectivity index (χ0n) is 15.3. The first-order valence-corrected chi connectivity index (χ1v) is 10.4. The standard InChI is InChI=1S/C22H14BrNO5S/c23-19-15(10-18-20(25)24-22(28)30-18)6-5-14-9-16(7-8-17(14)19)29-11-12-1-3-13(4-2-12)21(26)27/h1-10H,11H2,(H,26,27)(H,24,25,28)/b18-10+. The minimum absolute atomic E-state index is 0.234. The molecule has 3 aromatic rings. The Labute approximate surface area is 184 Å². The van der Waals surface area contributed by atoms with E-state index in [0.717, 1.165) is 38.1 Å². The van der Waals surface area contributed by atoms with Crippen molar-refractivity contribution >= 4 is 61.7 Å². The molecule has 0 radical (unpaired) electrons. The van der Waals surface area contributed by atoms with Gasteiger partial charge < -0.3 is 9.84 Å². The van der Waals surface area contributed by atoms with E-state index in [9.17, 15) is 14.4 Å². The molecular formula is C22H14BrNO5S. The number of carbonyl (C=O) groups excluding carboxylic acids is 2. The molecule has 0 saturated carbocycles. The summed E-state index contributed by atoms with van der Waals surface area (Å²) in [7, 11) is 0. The van der Waals surface area contributed by atoms with Gasteiger partial charge in [0.25, 0.3) is 11.1 Å². The zero-order chi connectivity index (χ0) is 21.3. The fourth-order valence-corrected chi connectivity index (χ4v) is 4.24. The van der Waals surface area contributed by atoms with E-state index >= 15 is 0 Å². The van der Waals surface area contributed by atoms with Gasteiger partial charge in [-0.05, 0) is 86.0 Å². The molecule has 0 bridgehead atoms. The zero-order valence-corrected chi connectivity index (χ0v) is 17.7. The van der Waals surface area contributed by atoms with E-state index in [-0.39, 0.29) is 10.8 Å². The average molecular weight is 484 g/mol. The van der Waals surface area contributed by atoms with Crippen LogP contribution >= 0.6 is 27.7 Å². The summed E-state index contributed by atoms with van der Waals surface area (Å²) in [5.74, 6) is -0.674. The number of thioether (sulfide) groups is 1. The molecule has 2 N–H and O–H groups in total. The molecule has 1 aliphatic heterocycles. The minimum atomic E-state index is -0.962. The number of hydrogen-bond acceptors (Lipinski definition) is 5. The van der Waals surface area contributed by atoms with Gasteiger partial charge in [0, 0.05) is 4.47 Å². The van der Waals surface area contributed by atoms with Crippen molar-refractivity contribution in [1.82, 2.24) is 5.32 Å². The summed E-state index contributed by atoms with van der Waals surface area (Å²) >= 11 is 4.46. The van der Waals surface area contributed by atoms with Crippen LogP contribution in [0.25, 0.3) is 16.8 Å². The lowest BCUT2D eigenvalue weighted by Crippen LogP contribution is -2.17. The summed E-state index contributed by atoms with van der Waals surface area (Å²) in [5.41, 5.74) is 1.89. The summed E-state index contributed by atoms with van der Waals surface area (Å²) in [4.78, 5) is 34.4. The Balaban J connectivity index is 1.53. The number of imide groups is 1. The maximum Gasteiger partial charge on any atom is 0.335 e. The number of ether oxygens (including phenoxy) is 1. The Morgan fingerprint density at radius 2 is 1.87 bits per heavy atom. The van der Waals surface area contributed by atoms with Crippen molar-refractivity contribution in [2.24, 2.45) is 0 Å². The number of hydrogen-bond donors (Lipinski definition) is 2. The number of rotatable bonds is 5. The lowest BCUT2D eigenvalue weighted by atomic mass is 10.1. The van der Waals surface area contributed by atoms with Crippen molar-refractivity contribution in [3.63, 3.8) is 0 Å². The maximum atomic E-state index is 11.8. The van der Waals surface area contributed by atoms with E-state index in [4.69, 9.17) is 9.84 Å². The van der Waals surface area contributed by atoms with Crippen molar-refractivity contribution in [2.45, 2.75) is 6.61 Å². The van der Waals surface area contributed by atoms with Crippen LogP contribution in [0.1, 0.15) is 21.5 Å². The molecule has 0 atom stereocenters. The normalized spacial score (nSPS) is 14.9. The second-order valence-electron chi connectivity index (χ2n) is 6.49. The smallest absolute Gasteiger partial charge is 0.335 e. The van der Waals surface area contributed by atoms with Crippen LogP contribution in [0.5, 0.6) is 5.75 Å². The van der Waals surface area contributed by atoms with E-state index in [0.29, 0.717) is 17.3 Å². The molecule has 0 aromatic heterocycles. The monoisotopic (exact) mass is 483 g/mol. The molecule has 8 heteroatoms. The molecule has 6 nitrogen and oxygen atoms in total. The summed E-state index contributed by atoms with van der Waals surface area (Å²) in [6, 6.07) is 16.0. The van der Waals surface area contributed by atoms with Gasteiger partial charge in [-0.1, -0.05) is 24.3 Å². The molecule has 30 heavy (non-hydrogen) atoms. The molecule has 0 spiro atoms. The van der Waals surface area contributed by atoms with Crippen molar-refractivity contribution in [1.29, 1.82) is 0 Å².